The molecule has 0 aromatic heterocycles. The van der Waals surface area contributed by atoms with Crippen LogP contribution in [0.5, 0.6) is 0 Å². The van der Waals surface area contributed by atoms with Crippen molar-refractivity contribution in [2.45, 2.75) is 24.8 Å². The molecule has 0 saturated heterocycles. The minimum atomic E-state index is -1.40. The summed E-state index contributed by atoms with van der Waals surface area (Å²) in [5.74, 6) is -2.81. The number of amides is 2. The molecule has 3 rings (SSSR count). The van der Waals surface area contributed by atoms with E-state index in [9.17, 15) is 19.2 Å². The number of hydrogen-bond acceptors (Lipinski definition) is 6. The first-order chi connectivity index (χ1) is 15.4. The van der Waals surface area contributed by atoms with E-state index in [1.165, 1.54) is 0 Å². The zero-order valence-electron chi connectivity index (χ0n) is 17.5. The molecule has 9 heteroatoms. The molecule has 0 spiro atoms. The van der Waals surface area contributed by atoms with Gasteiger partial charge in [-0.1, -0.05) is 48.5 Å². The second-order valence-corrected chi connectivity index (χ2v) is 7.24. The molecule has 2 amide bonds. The molecule has 3 N–H and O–H groups in total. The summed E-state index contributed by atoms with van der Waals surface area (Å²) in [5.41, 5.74) is 4.42. The number of carbonyl (C=O) groups excluding carboxylic acids is 3. The Hall–Kier alpha value is -3.88. The molecular formula is C23H24N2O7. The average molecular weight is 440 g/mol. The highest BCUT2D eigenvalue weighted by atomic mass is 16.5. The highest BCUT2D eigenvalue weighted by molar-refractivity contribution is 5.87. The van der Waals surface area contributed by atoms with Crippen LogP contribution in [0, 0.1) is 0 Å². The number of aliphatic carboxylic acids is 1. The molecule has 1 atom stereocenters. The van der Waals surface area contributed by atoms with Crippen LogP contribution < -0.4 is 10.6 Å². The van der Waals surface area contributed by atoms with E-state index >= 15 is 0 Å². The van der Waals surface area contributed by atoms with Crippen molar-refractivity contribution in [3.8, 4) is 11.1 Å². The number of hydrogen-bond donors (Lipinski definition) is 3. The Kier molecular flexibility index (Phi) is 7.43. The van der Waals surface area contributed by atoms with E-state index in [4.69, 9.17) is 9.84 Å². The summed E-state index contributed by atoms with van der Waals surface area (Å²) in [5, 5.41) is 13.8. The molecule has 168 valence electrons. The third kappa shape index (κ3) is 5.42. The number of ether oxygens (including phenoxy) is 2. The molecule has 1 aliphatic rings. The summed E-state index contributed by atoms with van der Waals surface area (Å²) in [6.45, 7) is 0.0966. The van der Waals surface area contributed by atoms with Crippen LogP contribution in [0.15, 0.2) is 48.5 Å². The van der Waals surface area contributed by atoms with E-state index in [0.29, 0.717) is 0 Å². The van der Waals surface area contributed by atoms with Crippen molar-refractivity contribution in [1.82, 2.24) is 10.6 Å². The molecule has 32 heavy (non-hydrogen) atoms. The Morgan fingerprint density at radius 1 is 1.00 bits per heavy atom. The molecule has 0 fully saturated rings. The molecule has 9 nitrogen and oxygen atoms in total. The predicted molar refractivity (Wildman–Crippen MR) is 114 cm³/mol. The van der Waals surface area contributed by atoms with E-state index in [1.54, 1.807) is 0 Å². The van der Waals surface area contributed by atoms with Gasteiger partial charge in [-0.2, -0.15) is 0 Å². The zero-order valence-corrected chi connectivity index (χ0v) is 17.5. The van der Waals surface area contributed by atoms with Gasteiger partial charge in [0.1, 0.15) is 12.6 Å². The number of carboxylic acids is 1. The van der Waals surface area contributed by atoms with Gasteiger partial charge >= 0.3 is 18.0 Å². The summed E-state index contributed by atoms with van der Waals surface area (Å²) >= 11 is 0. The molecule has 0 bridgehead atoms. The fraction of sp³-hybridized carbons (Fsp3) is 0.304. The summed E-state index contributed by atoms with van der Waals surface area (Å²) < 4.78 is 9.78. The molecule has 0 heterocycles. The molecule has 0 aliphatic heterocycles. The van der Waals surface area contributed by atoms with Crippen LogP contribution in [-0.4, -0.2) is 55.3 Å². The van der Waals surface area contributed by atoms with E-state index in [2.05, 4.69) is 15.4 Å². The van der Waals surface area contributed by atoms with Crippen molar-refractivity contribution < 1.29 is 33.8 Å². The fourth-order valence-electron chi connectivity index (χ4n) is 3.64. The van der Waals surface area contributed by atoms with Crippen LogP contribution in [-0.2, 0) is 23.9 Å². The predicted octanol–water partition coefficient (Wildman–Crippen LogP) is 2.05. The lowest BCUT2D eigenvalue weighted by molar-refractivity contribution is -0.148. The minimum Gasteiger partial charge on any atom is -0.480 e. The monoisotopic (exact) mass is 440 g/mol. The largest absolute Gasteiger partial charge is 0.480 e. The Bertz CT molecular complexity index is 975. The first-order valence-corrected chi connectivity index (χ1v) is 10.1. The number of carbonyl (C=O) groups is 4. The molecule has 0 unspecified atom stereocenters. The van der Waals surface area contributed by atoms with Gasteiger partial charge in [0.2, 0.25) is 5.91 Å². The quantitative estimate of drug-likeness (QED) is 0.509. The topological polar surface area (TPSA) is 131 Å². The Labute approximate surface area is 184 Å². The SMILES string of the molecule is COC(=O)C[C@H](NC(=O)CCNC(=O)OCC1c2ccccc2-c2ccccc21)C(=O)O. The van der Waals surface area contributed by atoms with Gasteiger partial charge in [0.15, 0.2) is 0 Å². The van der Waals surface area contributed by atoms with Crippen LogP contribution >= 0.6 is 0 Å². The lowest BCUT2D eigenvalue weighted by Gasteiger charge is -2.15. The van der Waals surface area contributed by atoms with Gasteiger partial charge in [-0.25, -0.2) is 9.59 Å². The third-order valence-corrected chi connectivity index (χ3v) is 5.20. The van der Waals surface area contributed by atoms with Crippen molar-refractivity contribution in [1.29, 1.82) is 0 Å². The highest BCUT2D eigenvalue weighted by Gasteiger charge is 2.29. The maximum atomic E-state index is 12.1. The minimum absolute atomic E-state index is 0.0485. The second kappa shape index (κ2) is 10.4. The van der Waals surface area contributed by atoms with Crippen molar-refractivity contribution in [3.05, 3.63) is 59.7 Å². The Morgan fingerprint density at radius 3 is 2.16 bits per heavy atom. The number of carboxylic acid groups (broad SMARTS) is 1. The van der Waals surface area contributed by atoms with Crippen molar-refractivity contribution in [2.75, 3.05) is 20.3 Å². The lowest BCUT2D eigenvalue weighted by atomic mass is 9.98. The number of benzene rings is 2. The normalized spacial score (nSPS) is 12.8. The van der Waals surface area contributed by atoms with Crippen molar-refractivity contribution >= 4 is 23.9 Å². The third-order valence-electron chi connectivity index (χ3n) is 5.20. The van der Waals surface area contributed by atoms with Gasteiger partial charge in [0.25, 0.3) is 0 Å². The smallest absolute Gasteiger partial charge is 0.407 e. The van der Waals surface area contributed by atoms with Crippen LogP contribution in [0.25, 0.3) is 11.1 Å². The molecule has 2 aromatic rings. The van der Waals surface area contributed by atoms with E-state index in [1.807, 2.05) is 48.5 Å². The first-order valence-electron chi connectivity index (χ1n) is 10.1. The summed E-state index contributed by atoms with van der Waals surface area (Å²) in [6, 6.07) is 14.5. The number of fused-ring (bicyclic) bond motifs is 3. The standard InChI is InChI=1S/C23H24N2O7/c1-31-21(27)12-19(22(28)29)25-20(26)10-11-24-23(30)32-13-18-16-8-4-2-6-14(16)15-7-3-5-9-17(15)18/h2-9,18-19H,10-13H2,1H3,(H,24,30)(H,25,26)(H,28,29)/t19-/m0/s1. The number of nitrogens with one attached hydrogen (secondary N) is 2. The van der Waals surface area contributed by atoms with E-state index in [0.717, 1.165) is 29.4 Å². The average Bonchev–Trinajstić information content (AvgIpc) is 3.10. The van der Waals surface area contributed by atoms with Gasteiger partial charge < -0.3 is 25.2 Å². The molecule has 0 saturated carbocycles. The molecule has 1 aliphatic carbocycles. The number of esters is 1. The summed E-state index contributed by atoms with van der Waals surface area (Å²) in [4.78, 5) is 46.4. The Morgan fingerprint density at radius 2 is 1.59 bits per heavy atom. The maximum absolute atomic E-state index is 12.1. The molecule has 2 aromatic carbocycles. The number of rotatable bonds is 9. The van der Waals surface area contributed by atoms with Gasteiger partial charge in [-0.15, -0.1) is 0 Å². The number of alkyl carbamates (subject to hydrolysis) is 1. The molecular weight excluding hydrogens is 416 g/mol. The van der Waals surface area contributed by atoms with Gasteiger partial charge in [-0.3, -0.25) is 9.59 Å². The van der Waals surface area contributed by atoms with Gasteiger partial charge in [0.05, 0.1) is 13.5 Å². The maximum Gasteiger partial charge on any atom is 0.407 e. The van der Waals surface area contributed by atoms with E-state index < -0.39 is 36.4 Å². The summed E-state index contributed by atoms with van der Waals surface area (Å²) in [7, 11) is 1.13. The number of methoxy groups -OCH3 is 1. The second-order valence-electron chi connectivity index (χ2n) is 7.24. The zero-order chi connectivity index (χ0) is 23.1. The van der Waals surface area contributed by atoms with Crippen molar-refractivity contribution in [2.24, 2.45) is 0 Å². The lowest BCUT2D eigenvalue weighted by Crippen LogP contribution is -2.43. The Balaban J connectivity index is 1.46. The summed E-state index contributed by atoms with van der Waals surface area (Å²) in [6.07, 6.45) is -1.34. The van der Waals surface area contributed by atoms with Crippen LogP contribution in [0.2, 0.25) is 0 Å². The first kappa shape index (κ1) is 22.8. The highest BCUT2D eigenvalue weighted by Crippen LogP contribution is 2.44. The fourth-order valence-corrected chi connectivity index (χ4v) is 3.64. The van der Waals surface area contributed by atoms with E-state index in [-0.39, 0.29) is 25.5 Å². The van der Waals surface area contributed by atoms with Gasteiger partial charge in [0, 0.05) is 18.9 Å². The van der Waals surface area contributed by atoms with Crippen molar-refractivity contribution in [3.63, 3.8) is 0 Å². The molecule has 0 radical (unpaired) electrons. The van der Waals surface area contributed by atoms with Crippen LogP contribution in [0.3, 0.4) is 0 Å². The van der Waals surface area contributed by atoms with Gasteiger partial charge in [-0.05, 0) is 22.3 Å². The van der Waals surface area contributed by atoms with Crippen LogP contribution in [0.1, 0.15) is 29.9 Å². The van der Waals surface area contributed by atoms with Crippen LogP contribution in [0.4, 0.5) is 4.79 Å².